The van der Waals surface area contributed by atoms with Crippen molar-refractivity contribution in [1.82, 2.24) is 19.8 Å². The largest absolute Gasteiger partial charge is 0.468 e. The van der Waals surface area contributed by atoms with Gasteiger partial charge < -0.3 is 15.2 Å². The van der Waals surface area contributed by atoms with Crippen molar-refractivity contribution in [1.29, 1.82) is 0 Å². The fourth-order valence-corrected chi connectivity index (χ4v) is 1.52. The van der Waals surface area contributed by atoms with Gasteiger partial charge in [0.2, 0.25) is 11.8 Å². The first-order valence-corrected chi connectivity index (χ1v) is 4.97. The molecule has 1 aliphatic heterocycles. The van der Waals surface area contributed by atoms with Gasteiger partial charge in [0, 0.05) is 11.6 Å². The second-order valence-corrected chi connectivity index (χ2v) is 3.74. The molecule has 84 valence electrons. The lowest BCUT2D eigenvalue weighted by atomic mass is 10.3. The van der Waals surface area contributed by atoms with Crippen molar-refractivity contribution in [2.75, 3.05) is 18.9 Å². The van der Waals surface area contributed by atoms with E-state index in [0.29, 0.717) is 24.7 Å². The smallest absolute Gasteiger partial charge is 0.243 e. The molecule has 2 aromatic heterocycles. The summed E-state index contributed by atoms with van der Waals surface area (Å²) in [6, 6.07) is 1.82. The minimum absolute atomic E-state index is 0.0852. The van der Waals surface area contributed by atoms with Crippen LogP contribution >= 0.6 is 0 Å². The molecule has 0 unspecified atom stereocenters. The number of aromatic nitrogens is 4. The summed E-state index contributed by atoms with van der Waals surface area (Å²) < 4.78 is 12.1. The monoisotopic (exact) mass is 221 g/mol. The Morgan fingerprint density at radius 3 is 3.00 bits per heavy atom. The van der Waals surface area contributed by atoms with Gasteiger partial charge in [-0.1, -0.05) is 0 Å². The Balaban J connectivity index is 2.01. The van der Waals surface area contributed by atoms with Gasteiger partial charge in [-0.2, -0.15) is 4.52 Å². The van der Waals surface area contributed by atoms with E-state index in [1.54, 1.807) is 0 Å². The Labute approximate surface area is 91.2 Å². The molecule has 0 amide bonds. The topological polar surface area (TPSA) is 87.6 Å². The Bertz CT molecular complexity index is 534. The van der Waals surface area contributed by atoms with Crippen LogP contribution in [0.2, 0.25) is 0 Å². The summed E-state index contributed by atoms with van der Waals surface area (Å²) in [6.07, 6.45) is 0.0852. The summed E-state index contributed by atoms with van der Waals surface area (Å²) >= 11 is 0. The van der Waals surface area contributed by atoms with Crippen molar-refractivity contribution in [2.24, 2.45) is 0 Å². The lowest BCUT2D eigenvalue weighted by Crippen LogP contribution is -2.38. The molecule has 7 heteroatoms. The Kier molecular flexibility index (Phi) is 1.93. The SMILES string of the molecule is Cc1cc(OC2COC2)nn2c(N)nnc12. The number of nitrogens with two attached hydrogens (primary N) is 1. The van der Waals surface area contributed by atoms with Gasteiger partial charge in [-0.3, -0.25) is 0 Å². The number of hydrogen-bond donors (Lipinski definition) is 1. The Hall–Kier alpha value is -1.89. The van der Waals surface area contributed by atoms with Crippen LogP contribution < -0.4 is 10.5 Å². The number of ether oxygens (including phenoxy) is 2. The maximum atomic E-state index is 5.64. The number of nitrogen functional groups attached to an aromatic ring is 1. The summed E-state index contributed by atoms with van der Waals surface area (Å²) in [6.45, 7) is 3.13. The van der Waals surface area contributed by atoms with Gasteiger partial charge in [0.15, 0.2) is 5.65 Å². The maximum absolute atomic E-state index is 5.64. The number of fused-ring (bicyclic) bond motifs is 1. The van der Waals surface area contributed by atoms with Crippen LogP contribution in [0.3, 0.4) is 0 Å². The lowest BCUT2D eigenvalue weighted by Gasteiger charge is -2.26. The normalized spacial score (nSPS) is 16.3. The molecule has 1 saturated heterocycles. The molecule has 3 heterocycles. The molecule has 2 N–H and O–H groups in total. The van der Waals surface area contributed by atoms with Gasteiger partial charge >= 0.3 is 0 Å². The number of rotatable bonds is 2. The van der Waals surface area contributed by atoms with Crippen LogP contribution in [0.4, 0.5) is 5.95 Å². The third kappa shape index (κ3) is 1.36. The molecule has 0 aliphatic carbocycles. The maximum Gasteiger partial charge on any atom is 0.243 e. The molecule has 3 rings (SSSR count). The highest BCUT2D eigenvalue weighted by Crippen LogP contribution is 2.18. The van der Waals surface area contributed by atoms with Crippen LogP contribution in [-0.4, -0.2) is 39.1 Å². The molecular weight excluding hydrogens is 210 g/mol. The van der Waals surface area contributed by atoms with Crippen LogP contribution in [0.5, 0.6) is 5.88 Å². The number of aryl methyl sites for hydroxylation is 1. The predicted molar refractivity (Wildman–Crippen MR) is 55.2 cm³/mol. The molecule has 0 aromatic carbocycles. The Morgan fingerprint density at radius 2 is 2.31 bits per heavy atom. The van der Waals surface area contributed by atoms with Gasteiger partial charge in [0.05, 0.1) is 13.2 Å². The quantitative estimate of drug-likeness (QED) is 0.755. The zero-order valence-electron chi connectivity index (χ0n) is 8.75. The van der Waals surface area contributed by atoms with Crippen molar-refractivity contribution < 1.29 is 9.47 Å². The van der Waals surface area contributed by atoms with Crippen LogP contribution in [0.1, 0.15) is 5.56 Å². The summed E-state index contributed by atoms with van der Waals surface area (Å²) in [5.74, 6) is 0.776. The summed E-state index contributed by atoms with van der Waals surface area (Å²) in [7, 11) is 0. The molecule has 0 saturated carbocycles. The molecule has 0 spiro atoms. The molecule has 0 bridgehead atoms. The van der Waals surface area contributed by atoms with E-state index in [1.165, 1.54) is 4.52 Å². The Morgan fingerprint density at radius 1 is 1.50 bits per heavy atom. The van der Waals surface area contributed by atoms with Gasteiger partial charge in [-0.25, -0.2) is 0 Å². The van der Waals surface area contributed by atoms with Crippen molar-refractivity contribution in [3.8, 4) is 5.88 Å². The second kappa shape index (κ2) is 3.31. The third-order valence-electron chi connectivity index (χ3n) is 2.45. The fraction of sp³-hybridized carbons (Fsp3) is 0.444. The van der Waals surface area contributed by atoms with E-state index in [1.807, 2.05) is 13.0 Å². The van der Waals surface area contributed by atoms with E-state index in [2.05, 4.69) is 15.3 Å². The van der Waals surface area contributed by atoms with E-state index in [4.69, 9.17) is 15.2 Å². The van der Waals surface area contributed by atoms with E-state index < -0.39 is 0 Å². The first kappa shape index (κ1) is 9.34. The molecule has 7 nitrogen and oxygen atoms in total. The van der Waals surface area contributed by atoms with Gasteiger partial charge in [0.1, 0.15) is 6.10 Å². The number of nitrogens with zero attached hydrogens (tertiary/aromatic N) is 4. The molecule has 1 aliphatic rings. The van der Waals surface area contributed by atoms with E-state index >= 15 is 0 Å². The van der Waals surface area contributed by atoms with E-state index in [-0.39, 0.29) is 12.1 Å². The van der Waals surface area contributed by atoms with Gasteiger partial charge in [-0.05, 0) is 6.92 Å². The highest BCUT2D eigenvalue weighted by Gasteiger charge is 2.21. The average Bonchev–Trinajstić information content (AvgIpc) is 2.55. The van der Waals surface area contributed by atoms with E-state index in [0.717, 1.165) is 5.56 Å². The molecular formula is C9H11N5O2. The fourth-order valence-electron chi connectivity index (χ4n) is 1.52. The third-order valence-corrected chi connectivity index (χ3v) is 2.45. The summed E-state index contributed by atoms with van der Waals surface area (Å²) in [5, 5.41) is 11.9. The van der Waals surface area contributed by atoms with Gasteiger partial charge in [0.25, 0.3) is 0 Å². The highest BCUT2D eigenvalue weighted by molar-refractivity contribution is 5.49. The first-order chi connectivity index (χ1) is 7.74. The van der Waals surface area contributed by atoms with Crippen molar-refractivity contribution in [3.63, 3.8) is 0 Å². The molecule has 0 atom stereocenters. The number of anilines is 1. The van der Waals surface area contributed by atoms with Crippen LogP contribution in [0.25, 0.3) is 5.65 Å². The van der Waals surface area contributed by atoms with E-state index in [9.17, 15) is 0 Å². The predicted octanol–water partition coefficient (Wildman–Crippen LogP) is -0.207. The highest BCUT2D eigenvalue weighted by atomic mass is 16.6. The van der Waals surface area contributed by atoms with Crippen LogP contribution in [-0.2, 0) is 4.74 Å². The summed E-state index contributed by atoms with van der Waals surface area (Å²) in [5.41, 5.74) is 7.21. The minimum Gasteiger partial charge on any atom is -0.468 e. The lowest BCUT2D eigenvalue weighted by molar-refractivity contribution is -0.0817. The van der Waals surface area contributed by atoms with Gasteiger partial charge in [-0.15, -0.1) is 15.3 Å². The van der Waals surface area contributed by atoms with Crippen molar-refractivity contribution in [3.05, 3.63) is 11.6 Å². The molecule has 2 aromatic rings. The molecule has 0 radical (unpaired) electrons. The van der Waals surface area contributed by atoms with Crippen LogP contribution in [0, 0.1) is 6.92 Å². The molecule has 16 heavy (non-hydrogen) atoms. The van der Waals surface area contributed by atoms with Crippen molar-refractivity contribution >= 4 is 11.6 Å². The second-order valence-electron chi connectivity index (χ2n) is 3.74. The summed E-state index contributed by atoms with van der Waals surface area (Å²) in [4.78, 5) is 0. The van der Waals surface area contributed by atoms with Crippen molar-refractivity contribution in [2.45, 2.75) is 13.0 Å². The zero-order valence-corrected chi connectivity index (χ0v) is 8.75. The first-order valence-electron chi connectivity index (χ1n) is 4.97. The van der Waals surface area contributed by atoms with Crippen LogP contribution in [0.15, 0.2) is 6.07 Å². The standard InChI is InChI=1S/C9H11N5O2/c1-5-2-7(16-6-3-15-4-6)13-14-8(5)11-12-9(14)10/h2,6H,3-4H2,1H3,(H2,10,12). The average molecular weight is 221 g/mol. The number of hydrogen-bond acceptors (Lipinski definition) is 6. The molecule has 1 fully saturated rings. The minimum atomic E-state index is 0.0852. The zero-order chi connectivity index (χ0) is 11.1.